The molecule has 0 aliphatic rings. The molecule has 0 unspecified atom stereocenters. The van der Waals surface area contributed by atoms with E-state index < -0.39 is 5.97 Å². The molecular weight excluding hydrogens is 316 g/mol. The summed E-state index contributed by atoms with van der Waals surface area (Å²) in [5.41, 5.74) is 3.68. The quantitative estimate of drug-likeness (QED) is 0.559. The standard InChI is InChI=1S/C21H30O4/c1-6-8-16-15(5)19(22)17(20(23)18(16)21(24)25)12-11-14(4)10-7-9-13(2)3/h9,11,22-23H,6-8,10,12H2,1-5H3,(H,24,25). The smallest absolute Gasteiger partial charge is 0.339 e. The lowest BCUT2D eigenvalue weighted by molar-refractivity contribution is 0.0692. The molecule has 0 aliphatic heterocycles. The van der Waals surface area contributed by atoms with Crippen molar-refractivity contribution < 1.29 is 20.1 Å². The molecule has 25 heavy (non-hydrogen) atoms. The highest BCUT2D eigenvalue weighted by Crippen LogP contribution is 2.38. The first-order valence-electron chi connectivity index (χ1n) is 8.79. The van der Waals surface area contributed by atoms with E-state index in [9.17, 15) is 20.1 Å². The van der Waals surface area contributed by atoms with Gasteiger partial charge in [0.1, 0.15) is 17.1 Å². The van der Waals surface area contributed by atoms with Crippen molar-refractivity contribution in [1.29, 1.82) is 0 Å². The van der Waals surface area contributed by atoms with Crippen LogP contribution in [-0.2, 0) is 12.8 Å². The van der Waals surface area contributed by atoms with Gasteiger partial charge in [-0.25, -0.2) is 4.79 Å². The van der Waals surface area contributed by atoms with Crippen molar-refractivity contribution in [3.05, 3.63) is 45.6 Å². The minimum Gasteiger partial charge on any atom is -0.507 e. The topological polar surface area (TPSA) is 77.8 Å². The van der Waals surface area contributed by atoms with E-state index in [0.717, 1.165) is 24.8 Å². The lowest BCUT2D eigenvalue weighted by Crippen LogP contribution is -2.08. The van der Waals surface area contributed by atoms with Crippen molar-refractivity contribution in [2.45, 2.75) is 66.7 Å². The number of carboxylic acids is 1. The number of phenolic OH excluding ortho intramolecular Hbond substituents is 1. The number of hydrogen-bond acceptors (Lipinski definition) is 3. The van der Waals surface area contributed by atoms with Gasteiger partial charge in [-0.2, -0.15) is 0 Å². The number of rotatable bonds is 8. The fraction of sp³-hybridized carbons (Fsp3) is 0.476. The van der Waals surface area contributed by atoms with Gasteiger partial charge in [0.2, 0.25) is 0 Å². The van der Waals surface area contributed by atoms with Gasteiger partial charge in [0.25, 0.3) is 0 Å². The molecule has 0 aromatic heterocycles. The summed E-state index contributed by atoms with van der Waals surface area (Å²) in [4.78, 5) is 11.6. The van der Waals surface area contributed by atoms with E-state index in [2.05, 4.69) is 19.9 Å². The highest BCUT2D eigenvalue weighted by atomic mass is 16.4. The molecule has 4 heteroatoms. The third-order valence-corrected chi connectivity index (χ3v) is 4.38. The van der Waals surface area contributed by atoms with Crippen LogP contribution in [0.1, 0.15) is 74.0 Å². The molecule has 1 aromatic rings. The van der Waals surface area contributed by atoms with Crippen molar-refractivity contribution >= 4 is 5.97 Å². The molecule has 0 bridgehead atoms. The van der Waals surface area contributed by atoms with Gasteiger partial charge >= 0.3 is 5.97 Å². The SMILES string of the molecule is CCCc1c(C)c(O)c(CC=C(C)CCC=C(C)C)c(O)c1C(=O)O. The molecule has 138 valence electrons. The van der Waals surface area contributed by atoms with E-state index >= 15 is 0 Å². The normalized spacial score (nSPS) is 11.5. The van der Waals surface area contributed by atoms with E-state index in [4.69, 9.17) is 0 Å². The van der Waals surface area contributed by atoms with E-state index in [1.165, 1.54) is 5.57 Å². The Morgan fingerprint density at radius 1 is 1.04 bits per heavy atom. The molecule has 0 saturated heterocycles. The molecule has 0 spiro atoms. The molecule has 4 nitrogen and oxygen atoms in total. The van der Waals surface area contributed by atoms with Gasteiger partial charge in [-0.3, -0.25) is 0 Å². The number of allylic oxidation sites excluding steroid dienone is 4. The number of aromatic hydroxyl groups is 2. The zero-order chi connectivity index (χ0) is 19.1. The van der Waals surface area contributed by atoms with Crippen molar-refractivity contribution in [3.8, 4) is 11.5 Å². The minimum atomic E-state index is -1.16. The van der Waals surface area contributed by atoms with Gasteiger partial charge in [0, 0.05) is 5.56 Å². The van der Waals surface area contributed by atoms with Crippen LogP contribution in [0.25, 0.3) is 0 Å². The summed E-state index contributed by atoms with van der Waals surface area (Å²) >= 11 is 0. The second-order valence-electron chi connectivity index (χ2n) is 6.78. The second-order valence-corrected chi connectivity index (χ2v) is 6.78. The van der Waals surface area contributed by atoms with Crippen molar-refractivity contribution in [2.24, 2.45) is 0 Å². The maximum absolute atomic E-state index is 11.6. The summed E-state index contributed by atoms with van der Waals surface area (Å²) in [5.74, 6) is -1.47. The molecule has 0 fully saturated rings. The van der Waals surface area contributed by atoms with E-state index in [1.54, 1.807) is 6.92 Å². The molecule has 0 heterocycles. The Morgan fingerprint density at radius 2 is 1.68 bits per heavy atom. The van der Waals surface area contributed by atoms with Crippen LogP contribution in [0, 0.1) is 6.92 Å². The third-order valence-electron chi connectivity index (χ3n) is 4.38. The van der Waals surface area contributed by atoms with Gasteiger partial charge in [-0.15, -0.1) is 0 Å². The number of carboxylic acid groups (broad SMARTS) is 1. The molecular formula is C21H30O4. The zero-order valence-electron chi connectivity index (χ0n) is 15.9. The first kappa shape index (κ1) is 20.8. The Kier molecular flexibility index (Phi) is 7.75. The molecule has 0 aliphatic carbocycles. The number of phenols is 2. The third kappa shape index (κ3) is 5.38. The van der Waals surface area contributed by atoms with Crippen LogP contribution in [-0.4, -0.2) is 21.3 Å². The number of benzene rings is 1. The summed E-state index contributed by atoms with van der Waals surface area (Å²) in [7, 11) is 0. The Balaban J connectivity index is 3.20. The van der Waals surface area contributed by atoms with Crippen LogP contribution in [0.5, 0.6) is 11.5 Å². The average Bonchev–Trinajstić information content (AvgIpc) is 2.51. The second kappa shape index (κ2) is 9.30. The molecule has 0 atom stereocenters. The first-order chi connectivity index (χ1) is 11.7. The van der Waals surface area contributed by atoms with Gasteiger partial charge < -0.3 is 15.3 Å². The van der Waals surface area contributed by atoms with E-state index in [0.29, 0.717) is 24.0 Å². The number of hydrogen-bond donors (Lipinski definition) is 3. The molecule has 0 amide bonds. The van der Waals surface area contributed by atoms with Gasteiger partial charge in [-0.05, 0) is 64.5 Å². The molecule has 0 saturated carbocycles. The first-order valence-corrected chi connectivity index (χ1v) is 8.79. The van der Waals surface area contributed by atoms with Crippen LogP contribution >= 0.6 is 0 Å². The van der Waals surface area contributed by atoms with E-state index in [1.807, 2.05) is 19.9 Å². The van der Waals surface area contributed by atoms with E-state index in [-0.39, 0.29) is 22.6 Å². The lowest BCUT2D eigenvalue weighted by atomic mass is 9.91. The monoisotopic (exact) mass is 346 g/mol. The Hall–Kier alpha value is -2.23. The van der Waals surface area contributed by atoms with Crippen molar-refractivity contribution in [2.75, 3.05) is 0 Å². The fourth-order valence-electron chi connectivity index (χ4n) is 2.92. The highest BCUT2D eigenvalue weighted by molar-refractivity contribution is 5.94. The van der Waals surface area contributed by atoms with Crippen molar-refractivity contribution in [1.82, 2.24) is 0 Å². The molecule has 3 N–H and O–H groups in total. The molecule has 1 rings (SSSR count). The fourth-order valence-corrected chi connectivity index (χ4v) is 2.92. The van der Waals surface area contributed by atoms with Crippen LogP contribution in [0.15, 0.2) is 23.3 Å². The van der Waals surface area contributed by atoms with Crippen LogP contribution in [0.4, 0.5) is 0 Å². The summed E-state index contributed by atoms with van der Waals surface area (Å²) in [5, 5.41) is 30.4. The summed E-state index contributed by atoms with van der Waals surface area (Å²) in [6.45, 7) is 9.77. The maximum Gasteiger partial charge on any atom is 0.339 e. The van der Waals surface area contributed by atoms with Gasteiger partial charge in [-0.1, -0.05) is 36.6 Å². The average molecular weight is 346 g/mol. The van der Waals surface area contributed by atoms with Crippen LogP contribution < -0.4 is 0 Å². The Labute approximate surface area is 150 Å². The van der Waals surface area contributed by atoms with Crippen LogP contribution in [0.3, 0.4) is 0 Å². The Bertz CT molecular complexity index is 693. The maximum atomic E-state index is 11.6. The highest BCUT2D eigenvalue weighted by Gasteiger charge is 2.24. The largest absolute Gasteiger partial charge is 0.507 e. The summed E-state index contributed by atoms with van der Waals surface area (Å²) < 4.78 is 0. The zero-order valence-corrected chi connectivity index (χ0v) is 15.9. The lowest BCUT2D eigenvalue weighted by Gasteiger charge is -2.17. The summed E-state index contributed by atoms with van der Waals surface area (Å²) in [6, 6.07) is 0. The van der Waals surface area contributed by atoms with Gasteiger partial charge in [0.15, 0.2) is 0 Å². The number of aromatic carboxylic acids is 1. The molecule has 1 aromatic carbocycles. The number of carbonyl (C=O) groups is 1. The Morgan fingerprint density at radius 3 is 2.20 bits per heavy atom. The molecule has 0 radical (unpaired) electrons. The predicted octanol–water partition coefficient (Wildman–Crippen LogP) is 5.29. The minimum absolute atomic E-state index is 0.000650. The van der Waals surface area contributed by atoms with Gasteiger partial charge in [0.05, 0.1) is 0 Å². The van der Waals surface area contributed by atoms with Crippen molar-refractivity contribution in [3.63, 3.8) is 0 Å². The summed E-state index contributed by atoms with van der Waals surface area (Å²) in [6.07, 6.45) is 7.50. The predicted molar refractivity (Wildman–Crippen MR) is 102 cm³/mol. The van der Waals surface area contributed by atoms with Crippen LogP contribution in [0.2, 0.25) is 0 Å².